The molecule has 0 unspecified atom stereocenters. The number of hydrogen-bond acceptors (Lipinski definition) is 3. The molecule has 1 heterocycles. The van der Waals surface area contributed by atoms with E-state index in [1.807, 2.05) is 69.3 Å². The van der Waals surface area contributed by atoms with Crippen LogP contribution in [0.25, 0.3) is 16.8 Å². The third kappa shape index (κ3) is 3.75. The number of nitrogens with two attached hydrogens (primary N) is 1. The average Bonchev–Trinajstić information content (AvgIpc) is 2.62. The number of halogens is 1. The number of fused-ring (bicyclic) bond motifs is 1. The monoisotopic (exact) mass is 409 g/mol. The van der Waals surface area contributed by atoms with Gasteiger partial charge in [-0.2, -0.15) is 4.99 Å². The van der Waals surface area contributed by atoms with Gasteiger partial charge in [-0.25, -0.2) is 9.97 Å². The Morgan fingerprint density at radius 2 is 1.85 bits per heavy atom. The van der Waals surface area contributed by atoms with E-state index in [0.29, 0.717) is 5.95 Å². The third-order valence-electron chi connectivity index (χ3n) is 4.09. The van der Waals surface area contributed by atoms with Crippen molar-refractivity contribution in [2.45, 2.75) is 20.8 Å². The molecule has 2 aromatic carbocycles. The maximum absolute atomic E-state index is 6.11. The zero-order chi connectivity index (χ0) is 18.7. The minimum absolute atomic E-state index is 0.243. The Kier molecular flexibility index (Phi) is 5.32. The van der Waals surface area contributed by atoms with Crippen molar-refractivity contribution in [1.29, 1.82) is 0 Å². The van der Waals surface area contributed by atoms with Gasteiger partial charge in [-0.15, -0.1) is 0 Å². The lowest BCUT2D eigenvalue weighted by Gasteiger charge is -2.10. The first-order valence-electron chi connectivity index (χ1n) is 8.26. The van der Waals surface area contributed by atoms with Crippen LogP contribution in [0.4, 0.5) is 11.6 Å². The third-order valence-corrected chi connectivity index (χ3v) is 4.79. The predicted octanol–water partition coefficient (Wildman–Crippen LogP) is 5.10. The van der Waals surface area contributed by atoms with E-state index in [9.17, 15) is 0 Å². The van der Waals surface area contributed by atoms with Crippen molar-refractivity contribution in [3.63, 3.8) is 0 Å². The fourth-order valence-corrected chi connectivity index (χ4v) is 3.13. The summed E-state index contributed by atoms with van der Waals surface area (Å²) in [7, 11) is 0. The van der Waals surface area contributed by atoms with E-state index < -0.39 is 0 Å². The molecule has 0 saturated carbocycles. The molecule has 0 radical (unpaired) electrons. The molecule has 6 heteroatoms. The van der Waals surface area contributed by atoms with Crippen molar-refractivity contribution in [1.82, 2.24) is 9.97 Å². The number of anilines is 1. The van der Waals surface area contributed by atoms with Crippen LogP contribution in [-0.4, -0.2) is 15.9 Å². The Bertz CT molecular complexity index is 1020. The Morgan fingerprint density at radius 3 is 2.58 bits per heavy atom. The molecule has 26 heavy (non-hydrogen) atoms. The van der Waals surface area contributed by atoms with Gasteiger partial charge in [0.25, 0.3) is 5.95 Å². The normalized spacial score (nSPS) is 12.1. The summed E-state index contributed by atoms with van der Waals surface area (Å²) in [5.41, 5.74) is 9.75. The van der Waals surface area contributed by atoms with Gasteiger partial charge in [0.15, 0.2) is 0 Å². The highest BCUT2D eigenvalue weighted by molar-refractivity contribution is 9.10. The lowest BCUT2D eigenvalue weighted by molar-refractivity contribution is 1.03. The molecular weight excluding hydrogens is 390 g/mol. The van der Waals surface area contributed by atoms with Crippen LogP contribution in [-0.2, 0) is 0 Å². The number of aryl methyl sites for hydroxylation is 1. The quantitative estimate of drug-likeness (QED) is 0.465. The van der Waals surface area contributed by atoms with Gasteiger partial charge < -0.3 is 11.1 Å². The largest absolute Gasteiger partial charge is 0.369 e. The molecule has 5 nitrogen and oxygen atoms in total. The SMILES string of the molecule is C/C=C\c1nc(/N=C(\N)Nc2ccc(Br)c3ccccc23)nc(C)c1C. The van der Waals surface area contributed by atoms with Crippen LogP contribution >= 0.6 is 15.9 Å². The first-order valence-corrected chi connectivity index (χ1v) is 9.05. The number of nitrogens with one attached hydrogen (secondary N) is 1. The number of guanidine groups is 1. The van der Waals surface area contributed by atoms with Crippen LogP contribution in [0.3, 0.4) is 0 Å². The van der Waals surface area contributed by atoms with Crippen LogP contribution in [0.15, 0.2) is 51.9 Å². The van der Waals surface area contributed by atoms with Crippen LogP contribution < -0.4 is 11.1 Å². The molecule has 0 atom stereocenters. The molecule has 0 aliphatic carbocycles. The summed E-state index contributed by atoms with van der Waals surface area (Å²) in [6, 6.07) is 12.0. The summed E-state index contributed by atoms with van der Waals surface area (Å²) in [6.45, 7) is 5.89. The van der Waals surface area contributed by atoms with Gasteiger partial charge >= 0.3 is 0 Å². The van der Waals surface area contributed by atoms with Gasteiger partial charge in [-0.05, 0) is 49.9 Å². The highest BCUT2D eigenvalue weighted by Gasteiger charge is 2.08. The Hall–Kier alpha value is -2.73. The molecule has 0 fully saturated rings. The maximum Gasteiger partial charge on any atom is 0.253 e. The van der Waals surface area contributed by atoms with Crippen molar-refractivity contribution in [2.75, 3.05) is 5.32 Å². The summed E-state index contributed by atoms with van der Waals surface area (Å²) >= 11 is 3.57. The fourth-order valence-electron chi connectivity index (χ4n) is 2.65. The van der Waals surface area contributed by atoms with Crippen molar-refractivity contribution in [3.05, 3.63) is 63.9 Å². The van der Waals surface area contributed by atoms with E-state index in [1.165, 1.54) is 0 Å². The van der Waals surface area contributed by atoms with Gasteiger partial charge in [0.2, 0.25) is 5.96 Å². The number of benzene rings is 2. The average molecular weight is 410 g/mol. The molecule has 3 aromatic rings. The van der Waals surface area contributed by atoms with Crippen LogP contribution in [0.2, 0.25) is 0 Å². The van der Waals surface area contributed by atoms with E-state index in [-0.39, 0.29) is 5.96 Å². The summed E-state index contributed by atoms with van der Waals surface area (Å²) in [6.07, 6.45) is 3.88. The molecule has 0 amide bonds. The summed E-state index contributed by atoms with van der Waals surface area (Å²) in [4.78, 5) is 13.2. The first-order chi connectivity index (χ1) is 12.5. The molecule has 0 bridgehead atoms. The van der Waals surface area contributed by atoms with Gasteiger partial charge in [0, 0.05) is 21.2 Å². The molecule has 0 aliphatic heterocycles. The first kappa shape index (κ1) is 18.1. The highest BCUT2D eigenvalue weighted by Crippen LogP contribution is 2.29. The van der Waals surface area contributed by atoms with Crippen LogP contribution in [0.5, 0.6) is 0 Å². The molecule has 3 N–H and O–H groups in total. The standard InChI is InChI=1S/C20H20BrN5/c1-4-7-17-12(2)13(3)23-20(25-17)26-19(22)24-18-11-10-16(21)14-8-5-6-9-15(14)18/h4-11H,1-3H3,(H3,22,23,24,25,26)/b7-4-. The predicted molar refractivity (Wildman–Crippen MR) is 113 cm³/mol. The zero-order valence-corrected chi connectivity index (χ0v) is 16.5. The zero-order valence-electron chi connectivity index (χ0n) is 14.9. The fraction of sp³-hybridized carbons (Fsp3) is 0.150. The highest BCUT2D eigenvalue weighted by atomic mass is 79.9. The van der Waals surface area contributed by atoms with Crippen molar-refractivity contribution < 1.29 is 0 Å². The van der Waals surface area contributed by atoms with Gasteiger partial charge in [0.05, 0.1) is 5.69 Å². The smallest absolute Gasteiger partial charge is 0.253 e. The summed E-state index contributed by atoms with van der Waals surface area (Å²) < 4.78 is 1.03. The lowest BCUT2D eigenvalue weighted by Crippen LogP contribution is -2.22. The van der Waals surface area contributed by atoms with Crippen molar-refractivity contribution >= 4 is 50.4 Å². The van der Waals surface area contributed by atoms with E-state index in [1.54, 1.807) is 0 Å². The van der Waals surface area contributed by atoms with E-state index in [4.69, 9.17) is 5.73 Å². The topological polar surface area (TPSA) is 76.2 Å². The molecular formula is C20H20BrN5. The molecule has 0 spiro atoms. The van der Waals surface area contributed by atoms with Crippen LogP contribution in [0.1, 0.15) is 23.9 Å². The summed E-state index contributed by atoms with van der Waals surface area (Å²) in [5, 5.41) is 5.31. The maximum atomic E-state index is 6.11. The Labute approximate surface area is 161 Å². The number of hydrogen-bond donors (Lipinski definition) is 2. The number of aromatic nitrogens is 2. The Morgan fingerprint density at radius 1 is 1.12 bits per heavy atom. The molecule has 0 aliphatic rings. The number of nitrogens with zero attached hydrogens (tertiary/aromatic N) is 3. The van der Waals surface area contributed by atoms with Gasteiger partial charge in [-0.3, -0.25) is 0 Å². The molecule has 132 valence electrons. The van der Waals surface area contributed by atoms with E-state index >= 15 is 0 Å². The van der Waals surface area contributed by atoms with E-state index in [0.717, 1.165) is 37.9 Å². The minimum Gasteiger partial charge on any atom is -0.369 e. The Balaban J connectivity index is 1.96. The van der Waals surface area contributed by atoms with Gasteiger partial charge in [0.1, 0.15) is 0 Å². The second-order valence-electron chi connectivity index (χ2n) is 5.88. The second kappa shape index (κ2) is 7.66. The molecule has 0 saturated heterocycles. The van der Waals surface area contributed by atoms with Crippen LogP contribution in [0, 0.1) is 13.8 Å². The van der Waals surface area contributed by atoms with E-state index in [2.05, 4.69) is 36.2 Å². The number of rotatable bonds is 3. The number of allylic oxidation sites excluding steroid dienone is 1. The molecule has 3 rings (SSSR count). The minimum atomic E-state index is 0.243. The second-order valence-corrected chi connectivity index (χ2v) is 6.74. The van der Waals surface area contributed by atoms with Gasteiger partial charge in [-0.1, -0.05) is 46.3 Å². The lowest BCUT2D eigenvalue weighted by atomic mass is 10.1. The van der Waals surface area contributed by atoms with Crippen molar-refractivity contribution in [2.24, 2.45) is 10.7 Å². The van der Waals surface area contributed by atoms with Crippen molar-refractivity contribution in [3.8, 4) is 0 Å². The number of aliphatic imine (C=N–C) groups is 1. The summed E-state index contributed by atoms with van der Waals surface area (Å²) in [5.74, 6) is 0.583. The molecule has 1 aromatic heterocycles.